The molecule has 0 radical (unpaired) electrons. The molecule has 3 aliphatic rings. The van der Waals surface area contributed by atoms with Gasteiger partial charge in [0.25, 0.3) is 0 Å². The third-order valence-corrected chi connectivity index (χ3v) is 10.2. The first-order valence-corrected chi connectivity index (χ1v) is 14.8. The highest BCUT2D eigenvalue weighted by Crippen LogP contribution is 2.36. The van der Waals surface area contributed by atoms with Crippen LogP contribution >= 0.6 is 23.2 Å². The highest BCUT2D eigenvalue weighted by molar-refractivity contribution is 7.89. The second-order valence-corrected chi connectivity index (χ2v) is 12.9. The van der Waals surface area contributed by atoms with E-state index in [2.05, 4.69) is 0 Å². The zero-order valence-electron chi connectivity index (χ0n) is 21.1. The van der Waals surface area contributed by atoms with Crippen molar-refractivity contribution in [2.75, 3.05) is 26.2 Å². The molecule has 0 spiro atoms. The van der Waals surface area contributed by atoms with E-state index in [9.17, 15) is 22.4 Å². The van der Waals surface area contributed by atoms with Gasteiger partial charge in [-0.15, -0.1) is 0 Å². The number of likely N-dealkylation sites (tertiary alicyclic amines) is 1. The second-order valence-electron chi connectivity index (χ2n) is 10.2. The SMILES string of the molecule is CC(C)N1CC2N(C(=O)C(N3CCC3)CN2S(=O)(=O)c2ccc(Cl)cc2Cl)C(Cc2ccc(F)cc2)C1=O. The highest BCUT2D eigenvalue weighted by Gasteiger charge is 2.55. The number of fused-ring (bicyclic) bond motifs is 1. The first-order valence-electron chi connectivity index (χ1n) is 12.6. The van der Waals surface area contributed by atoms with Gasteiger partial charge in [0.05, 0.1) is 11.6 Å². The van der Waals surface area contributed by atoms with E-state index in [4.69, 9.17) is 23.2 Å². The number of amides is 2. The molecule has 2 aromatic rings. The van der Waals surface area contributed by atoms with Crippen LogP contribution in [0, 0.1) is 5.82 Å². The second kappa shape index (κ2) is 10.4. The third-order valence-electron chi connectivity index (χ3n) is 7.59. The number of rotatable bonds is 6. The molecule has 3 saturated heterocycles. The molecule has 3 fully saturated rings. The van der Waals surface area contributed by atoms with Crippen LogP contribution in [0.15, 0.2) is 47.4 Å². The fourth-order valence-corrected chi connectivity index (χ4v) is 7.76. The third kappa shape index (κ3) is 4.81. The van der Waals surface area contributed by atoms with Crippen LogP contribution < -0.4 is 0 Å². The minimum absolute atomic E-state index is 0.0167. The van der Waals surface area contributed by atoms with Gasteiger partial charge in [0.1, 0.15) is 29.0 Å². The van der Waals surface area contributed by atoms with E-state index >= 15 is 0 Å². The number of halogens is 3. The minimum Gasteiger partial charge on any atom is -0.335 e. The number of sulfonamides is 1. The van der Waals surface area contributed by atoms with Crippen molar-refractivity contribution in [3.63, 3.8) is 0 Å². The van der Waals surface area contributed by atoms with Gasteiger partial charge >= 0.3 is 0 Å². The van der Waals surface area contributed by atoms with E-state index in [1.807, 2.05) is 18.7 Å². The molecule has 0 aromatic heterocycles. The van der Waals surface area contributed by atoms with Gasteiger partial charge in [-0.05, 0) is 56.2 Å². The molecule has 0 aliphatic carbocycles. The summed E-state index contributed by atoms with van der Waals surface area (Å²) in [4.78, 5) is 32.6. The van der Waals surface area contributed by atoms with Crippen molar-refractivity contribution in [2.45, 2.75) is 55.9 Å². The molecule has 2 aromatic carbocycles. The standard InChI is InChI=1S/C26H29Cl2FN4O4S/c1-16(2)31-15-24-32(38(36,37)23-9-6-18(27)13-20(23)28)14-22(30-10-3-11-30)26(35)33(24)21(25(31)34)12-17-4-7-19(29)8-5-17/h4-9,13,16,21-22,24H,3,10-12,14-15H2,1-2H3. The van der Waals surface area contributed by atoms with Crippen molar-refractivity contribution in [2.24, 2.45) is 0 Å². The smallest absolute Gasteiger partial charge is 0.246 e. The molecule has 0 bridgehead atoms. The van der Waals surface area contributed by atoms with Crippen molar-refractivity contribution in [1.82, 2.24) is 19.0 Å². The van der Waals surface area contributed by atoms with Crippen LogP contribution in [0.4, 0.5) is 4.39 Å². The Morgan fingerprint density at radius 3 is 2.26 bits per heavy atom. The summed E-state index contributed by atoms with van der Waals surface area (Å²) in [6, 6.07) is 8.06. The number of carbonyl (C=O) groups is 2. The van der Waals surface area contributed by atoms with E-state index in [1.165, 1.54) is 39.5 Å². The number of benzene rings is 2. The zero-order valence-corrected chi connectivity index (χ0v) is 23.4. The summed E-state index contributed by atoms with van der Waals surface area (Å²) in [6.07, 6.45) is 0.108. The molecule has 3 atom stereocenters. The number of carbonyl (C=O) groups excluding carboxylic acids is 2. The fraction of sp³-hybridized carbons (Fsp3) is 0.462. The summed E-state index contributed by atoms with van der Waals surface area (Å²) in [7, 11) is -4.19. The van der Waals surface area contributed by atoms with Crippen LogP contribution in [0.5, 0.6) is 0 Å². The van der Waals surface area contributed by atoms with Crippen LogP contribution in [0.2, 0.25) is 10.0 Å². The van der Waals surface area contributed by atoms with Gasteiger partial charge in [0.15, 0.2) is 0 Å². The lowest BCUT2D eigenvalue weighted by Gasteiger charge is -2.56. The topological polar surface area (TPSA) is 81.2 Å². The highest BCUT2D eigenvalue weighted by atomic mass is 35.5. The van der Waals surface area contributed by atoms with Gasteiger partial charge in [-0.3, -0.25) is 14.5 Å². The van der Waals surface area contributed by atoms with Gasteiger partial charge in [0, 0.05) is 37.1 Å². The monoisotopic (exact) mass is 582 g/mol. The molecule has 12 heteroatoms. The summed E-state index contributed by atoms with van der Waals surface area (Å²) in [6.45, 7) is 5.01. The molecule has 3 aliphatic heterocycles. The lowest BCUT2D eigenvalue weighted by molar-refractivity contribution is -0.173. The fourth-order valence-electron chi connectivity index (χ4n) is 5.43. The summed E-state index contributed by atoms with van der Waals surface area (Å²) >= 11 is 12.4. The minimum atomic E-state index is -4.19. The van der Waals surface area contributed by atoms with Crippen LogP contribution in [-0.2, 0) is 26.0 Å². The summed E-state index contributed by atoms with van der Waals surface area (Å²) in [5.41, 5.74) is 0.670. The van der Waals surface area contributed by atoms with E-state index in [-0.39, 0.29) is 47.3 Å². The molecule has 38 heavy (non-hydrogen) atoms. The Morgan fingerprint density at radius 2 is 1.68 bits per heavy atom. The molecular formula is C26H29Cl2FN4O4S. The average molecular weight is 584 g/mol. The first kappa shape index (κ1) is 27.3. The lowest BCUT2D eigenvalue weighted by atomic mass is 9.95. The molecule has 2 amide bonds. The maximum absolute atomic E-state index is 14.1. The van der Waals surface area contributed by atoms with Crippen molar-refractivity contribution in [3.8, 4) is 0 Å². The summed E-state index contributed by atoms with van der Waals surface area (Å²) in [5.74, 6) is -0.943. The maximum Gasteiger partial charge on any atom is 0.246 e. The Balaban J connectivity index is 1.61. The largest absolute Gasteiger partial charge is 0.335 e. The molecule has 3 heterocycles. The average Bonchev–Trinajstić information content (AvgIpc) is 2.81. The Bertz CT molecular complexity index is 1350. The van der Waals surface area contributed by atoms with Crippen molar-refractivity contribution < 1.29 is 22.4 Å². The van der Waals surface area contributed by atoms with Gasteiger partial charge < -0.3 is 9.80 Å². The van der Waals surface area contributed by atoms with Crippen LogP contribution in [0.1, 0.15) is 25.8 Å². The number of hydrogen-bond acceptors (Lipinski definition) is 5. The first-order chi connectivity index (χ1) is 18.0. The quantitative estimate of drug-likeness (QED) is 0.522. The zero-order chi connectivity index (χ0) is 27.4. The Morgan fingerprint density at radius 1 is 1.00 bits per heavy atom. The molecule has 5 rings (SSSR count). The predicted octanol–water partition coefficient (Wildman–Crippen LogP) is 3.23. The van der Waals surface area contributed by atoms with Gasteiger partial charge in [0.2, 0.25) is 21.8 Å². The van der Waals surface area contributed by atoms with E-state index < -0.39 is 34.1 Å². The van der Waals surface area contributed by atoms with Gasteiger partial charge in [-0.1, -0.05) is 35.3 Å². The lowest BCUT2D eigenvalue weighted by Crippen LogP contribution is -2.77. The maximum atomic E-state index is 14.1. The molecule has 0 N–H and O–H groups in total. The Labute approximate surface area is 231 Å². The van der Waals surface area contributed by atoms with Crippen molar-refractivity contribution in [1.29, 1.82) is 0 Å². The van der Waals surface area contributed by atoms with E-state index in [0.29, 0.717) is 23.7 Å². The predicted molar refractivity (Wildman–Crippen MR) is 142 cm³/mol. The van der Waals surface area contributed by atoms with E-state index in [0.717, 1.165) is 6.42 Å². The number of nitrogens with zero attached hydrogens (tertiary/aromatic N) is 4. The Kier molecular flexibility index (Phi) is 7.47. The van der Waals surface area contributed by atoms with Gasteiger partial charge in [-0.25, -0.2) is 12.8 Å². The normalized spacial score (nSPS) is 25.1. The molecular weight excluding hydrogens is 554 g/mol. The van der Waals surface area contributed by atoms with E-state index in [1.54, 1.807) is 17.0 Å². The van der Waals surface area contributed by atoms with Gasteiger partial charge in [-0.2, -0.15) is 4.31 Å². The molecule has 204 valence electrons. The summed E-state index contributed by atoms with van der Waals surface area (Å²) in [5, 5.41) is 0.286. The molecule has 3 unspecified atom stereocenters. The summed E-state index contributed by atoms with van der Waals surface area (Å²) < 4.78 is 43.1. The van der Waals surface area contributed by atoms with Crippen LogP contribution in [0.3, 0.4) is 0 Å². The van der Waals surface area contributed by atoms with Crippen molar-refractivity contribution in [3.05, 3.63) is 63.9 Å². The molecule has 8 nitrogen and oxygen atoms in total. The molecule has 0 saturated carbocycles. The van der Waals surface area contributed by atoms with Crippen molar-refractivity contribution >= 4 is 45.0 Å². The number of hydrogen-bond donors (Lipinski definition) is 0. The van der Waals surface area contributed by atoms with Crippen LogP contribution in [0.25, 0.3) is 0 Å². The van der Waals surface area contributed by atoms with Crippen LogP contribution in [-0.4, -0.2) is 89.7 Å². The Hall–Kier alpha value is -2.24. The number of piperazine rings is 1.